The first kappa shape index (κ1) is 17.3. The van der Waals surface area contributed by atoms with Crippen LogP contribution < -0.4 is 0 Å². The van der Waals surface area contributed by atoms with Crippen molar-refractivity contribution >= 4 is 5.91 Å². The molecule has 0 N–H and O–H groups in total. The van der Waals surface area contributed by atoms with Crippen LogP contribution in [0.4, 0.5) is 0 Å². The molecule has 4 rings (SSSR count). The topological polar surface area (TPSA) is 49.6 Å². The number of aryl methyl sites for hydroxylation is 2. The normalized spacial score (nSPS) is 23.1. The molecule has 2 aromatic rings. The Bertz CT molecular complexity index is 771. The molecule has 26 heavy (non-hydrogen) atoms. The van der Waals surface area contributed by atoms with Crippen molar-refractivity contribution in [1.82, 2.24) is 15.0 Å². The first-order valence-electron chi connectivity index (χ1n) is 9.47. The molecule has 0 aliphatic carbocycles. The van der Waals surface area contributed by atoms with E-state index in [0.717, 1.165) is 55.9 Å². The van der Waals surface area contributed by atoms with Crippen LogP contribution in [0.3, 0.4) is 0 Å². The van der Waals surface area contributed by atoms with Gasteiger partial charge in [0.15, 0.2) is 0 Å². The van der Waals surface area contributed by atoms with Gasteiger partial charge in [-0.3, -0.25) is 9.69 Å². The van der Waals surface area contributed by atoms with Crippen LogP contribution in [0.5, 0.6) is 0 Å². The van der Waals surface area contributed by atoms with Gasteiger partial charge in [0.2, 0.25) is 5.91 Å². The minimum absolute atomic E-state index is 0.00677. The highest BCUT2D eigenvalue weighted by Gasteiger charge is 2.50. The first-order valence-corrected chi connectivity index (χ1v) is 9.47. The molecule has 0 saturated carbocycles. The average molecular weight is 353 g/mol. The lowest BCUT2D eigenvalue weighted by atomic mass is 9.81. The Morgan fingerprint density at radius 3 is 2.50 bits per heavy atom. The van der Waals surface area contributed by atoms with Crippen molar-refractivity contribution in [2.45, 2.75) is 51.1 Å². The van der Waals surface area contributed by atoms with E-state index in [0.29, 0.717) is 0 Å². The number of likely N-dealkylation sites (N-methyl/N-ethyl adjacent to an activating group) is 1. The molecule has 1 aromatic heterocycles. The minimum atomic E-state index is 0.00677. The van der Waals surface area contributed by atoms with E-state index in [9.17, 15) is 4.79 Å². The standard InChI is InChI=1S/C21H27N3O2/c1-15-19(16(2)26-22-15)14-24-11-9-21(10-12-24)13-18(20(25)23(21)3)17-7-5-4-6-8-17/h4-8,18H,9-14H2,1-3H3/t18-/m0/s1. The molecule has 2 aliphatic rings. The van der Waals surface area contributed by atoms with Crippen molar-refractivity contribution in [1.29, 1.82) is 0 Å². The summed E-state index contributed by atoms with van der Waals surface area (Å²) in [6, 6.07) is 10.2. The summed E-state index contributed by atoms with van der Waals surface area (Å²) in [7, 11) is 2.00. The lowest BCUT2D eigenvalue weighted by Crippen LogP contribution is -2.51. The fraction of sp³-hybridized carbons (Fsp3) is 0.524. The van der Waals surface area contributed by atoms with Crippen molar-refractivity contribution in [3.63, 3.8) is 0 Å². The summed E-state index contributed by atoms with van der Waals surface area (Å²) in [6.45, 7) is 6.88. The van der Waals surface area contributed by atoms with E-state index in [1.54, 1.807) is 0 Å². The Balaban J connectivity index is 1.46. The lowest BCUT2D eigenvalue weighted by molar-refractivity contribution is -0.131. The second kappa shape index (κ2) is 6.54. The summed E-state index contributed by atoms with van der Waals surface area (Å²) in [5.74, 6) is 1.20. The molecule has 2 aliphatic heterocycles. The smallest absolute Gasteiger partial charge is 0.230 e. The van der Waals surface area contributed by atoms with Crippen LogP contribution >= 0.6 is 0 Å². The first-order chi connectivity index (χ1) is 12.5. The summed E-state index contributed by atoms with van der Waals surface area (Å²) in [4.78, 5) is 17.4. The summed E-state index contributed by atoms with van der Waals surface area (Å²) >= 11 is 0. The Morgan fingerprint density at radius 2 is 1.88 bits per heavy atom. The molecule has 138 valence electrons. The zero-order chi connectivity index (χ0) is 18.3. The van der Waals surface area contributed by atoms with Gasteiger partial charge in [-0.1, -0.05) is 35.5 Å². The van der Waals surface area contributed by atoms with Crippen molar-refractivity contribution in [3.05, 3.63) is 52.9 Å². The number of piperidine rings is 1. The van der Waals surface area contributed by atoms with E-state index in [1.807, 2.05) is 44.0 Å². The van der Waals surface area contributed by atoms with Crippen LogP contribution in [0, 0.1) is 13.8 Å². The zero-order valence-corrected chi connectivity index (χ0v) is 15.9. The molecule has 1 amide bonds. The predicted molar refractivity (Wildman–Crippen MR) is 99.8 cm³/mol. The Labute approximate surface area is 155 Å². The minimum Gasteiger partial charge on any atom is -0.361 e. The molecule has 2 saturated heterocycles. The molecule has 3 heterocycles. The highest BCUT2D eigenvalue weighted by molar-refractivity contribution is 5.87. The van der Waals surface area contributed by atoms with Gasteiger partial charge in [0.1, 0.15) is 5.76 Å². The molecule has 5 nitrogen and oxygen atoms in total. The molecule has 0 radical (unpaired) electrons. The number of aromatic nitrogens is 1. The van der Waals surface area contributed by atoms with Crippen LogP contribution in [0.2, 0.25) is 0 Å². The van der Waals surface area contributed by atoms with Crippen molar-refractivity contribution in [2.75, 3.05) is 20.1 Å². The maximum Gasteiger partial charge on any atom is 0.230 e. The van der Waals surface area contributed by atoms with Crippen LogP contribution in [0.1, 0.15) is 47.8 Å². The number of rotatable bonds is 3. The molecular weight excluding hydrogens is 326 g/mol. The molecule has 1 atom stereocenters. The van der Waals surface area contributed by atoms with Crippen molar-refractivity contribution in [3.8, 4) is 0 Å². The van der Waals surface area contributed by atoms with Crippen LogP contribution in [0.25, 0.3) is 0 Å². The number of likely N-dealkylation sites (tertiary alicyclic amines) is 2. The Kier molecular flexibility index (Phi) is 4.35. The van der Waals surface area contributed by atoms with E-state index in [2.05, 4.69) is 22.2 Å². The second-order valence-corrected chi connectivity index (χ2v) is 7.87. The van der Waals surface area contributed by atoms with Crippen molar-refractivity contribution < 1.29 is 9.32 Å². The van der Waals surface area contributed by atoms with E-state index in [1.165, 1.54) is 5.56 Å². The van der Waals surface area contributed by atoms with Gasteiger partial charge in [-0.2, -0.15) is 0 Å². The Hall–Kier alpha value is -2.14. The number of hydrogen-bond donors (Lipinski definition) is 0. The maximum absolute atomic E-state index is 12.9. The van der Waals surface area contributed by atoms with E-state index in [-0.39, 0.29) is 17.4 Å². The van der Waals surface area contributed by atoms with Gasteiger partial charge in [0.05, 0.1) is 11.6 Å². The van der Waals surface area contributed by atoms with Crippen LogP contribution in [-0.4, -0.2) is 46.5 Å². The van der Waals surface area contributed by atoms with E-state index in [4.69, 9.17) is 4.52 Å². The average Bonchev–Trinajstić information content (AvgIpc) is 3.10. The number of carbonyl (C=O) groups excluding carboxylic acids is 1. The van der Waals surface area contributed by atoms with Gasteiger partial charge in [-0.05, 0) is 38.7 Å². The number of carbonyl (C=O) groups is 1. The Morgan fingerprint density at radius 1 is 1.19 bits per heavy atom. The van der Waals surface area contributed by atoms with E-state index >= 15 is 0 Å². The van der Waals surface area contributed by atoms with Gasteiger partial charge < -0.3 is 9.42 Å². The molecule has 1 spiro atoms. The fourth-order valence-electron chi connectivity index (χ4n) is 4.64. The fourth-order valence-corrected chi connectivity index (χ4v) is 4.64. The van der Waals surface area contributed by atoms with Crippen molar-refractivity contribution in [2.24, 2.45) is 0 Å². The summed E-state index contributed by atoms with van der Waals surface area (Å²) in [5, 5.41) is 4.06. The second-order valence-electron chi connectivity index (χ2n) is 7.87. The summed E-state index contributed by atoms with van der Waals surface area (Å²) < 4.78 is 5.29. The number of benzene rings is 1. The molecule has 5 heteroatoms. The van der Waals surface area contributed by atoms with Crippen LogP contribution in [-0.2, 0) is 11.3 Å². The molecule has 0 bridgehead atoms. The number of nitrogens with zero attached hydrogens (tertiary/aromatic N) is 3. The lowest BCUT2D eigenvalue weighted by Gasteiger charge is -2.43. The van der Waals surface area contributed by atoms with Crippen LogP contribution in [0.15, 0.2) is 34.9 Å². The largest absolute Gasteiger partial charge is 0.361 e. The third-order valence-corrected chi connectivity index (χ3v) is 6.48. The quantitative estimate of drug-likeness (QED) is 0.850. The van der Waals surface area contributed by atoms with Gasteiger partial charge in [-0.25, -0.2) is 0 Å². The van der Waals surface area contributed by atoms with Gasteiger partial charge in [0, 0.05) is 37.8 Å². The number of hydrogen-bond acceptors (Lipinski definition) is 4. The van der Waals surface area contributed by atoms with Gasteiger partial charge >= 0.3 is 0 Å². The maximum atomic E-state index is 12.9. The van der Waals surface area contributed by atoms with Gasteiger partial charge in [-0.15, -0.1) is 0 Å². The zero-order valence-electron chi connectivity index (χ0n) is 15.9. The SMILES string of the molecule is Cc1noc(C)c1CN1CCC2(CC1)C[C@@H](c1ccccc1)C(=O)N2C. The molecule has 2 fully saturated rings. The molecular formula is C21H27N3O2. The third-order valence-electron chi connectivity index (χ3n) is 6.48. The molecule has 0 unspecified atom stereocenters. The summed E-state index contributed by atoms with van der Waals surface area (Å²) in [6.07, 6.45) is 3.00. The van der Waals surface area contributed by atoms with E-state index < -0.39 is 0 Å². The monoisotopic (exact) mass is 353 g/mol. The summed E-state index contributed by atoms with van der Waals surface area (Å²) in [5.41, 5.74) is 3.35. The third kappa shape index (κ3) is 2.84. The van der Waals surface area contributed by atoms with Gasteiger partial charge in [0.25, 0.3) is 0 Å². The highest BCUT2D eigenvalue weighted by atomic mass is 16.5. The highest BCUT2D eigenvalue weighted by Crippen LogP contribution is 2.45. The molecule has 1 aromatic carbocycles. The predicted octanol–water partition coefficient (Wildman–Crippen LogP) is 3.27. The number of amides is 1.